The number of amides is 1. The van der Waals surface area contributed by atoms with Gasteiger partial charge in [0.1, 0.15) is 12.3 Å². The average Bonchev–Trinajstić information content (AvgIpc) is 3.09. The fourth-order valence-corrected chi connectivity index (χ4v) is 4.90. The standard InChI is InChI=1S/C20H25N3O4/c1-12(24)22(11-20(26)27)16-6-14-2-3-15(7-16)23(14)10-13-9-21-19-8-17(25)4-5-18(13)19/h4-5,8-9,14-16,21,25H,2-3,6-7,10-11H2,1H3,(H,26,27)/t14-,15+,16?. The molecule has 2 bridgehead atoms. The summed E-state index contributed by atoms with van der Waals surface area (Å²) in [7, 11) is 0. The predicted molar refractivity (Wildman–Crippen MR) is 100 cm³/mol. The highest BCUT2D eigenvalue weighted by Gasteiger charge is 2.43. The number of carbonyl (C=O) groups is 2. The van der Waals surface area contributed by atoms with Crippen molar-refractivity contribution in [3.05, 3.63) is 30.0 Å². The molecule has 3 heterocycles. The number of phenolic OH excluding ortho intramolecular Hbond substituents is 1. The van der Waals surface area contributed by atoms with E-state index in [1.165, 1.54) is 17.4 Å². The van der Waals surface area contributed by atoms with Crippen LogP contribution in [-0.4, -0.2) is 61.5 Å². The molecule has 1 aromatic heterocycles. The van der Waals surface area contributed by atoms with Gasteiger partial charge in [0.25, 0.3) is 0 Å². The molecule has 1 unspecified atom stereocenters. The van der Waals surface area contributed by atoms with Gasteiger partial charge in [-0.15, -0.1) is 0 Å². The first kappa shape index (κ1) is 17.9. The van der Waals surface area contributed by atoms with Crippen molar-refractivity contribution in [1.82, 2.24) is 14.8 Å². The maximum absolute atomic E-state index is 11.9. The molecule has 3 N–H and O–H groups in total. The number of nitrogens with one attached hydrogen (secondary N) is 1. The van der Waals surface area contributed by atoms with Crippen molar-refractivity contribution < 1.29 is 19.8 Å². The molecule has 2 fully saturated rings. The van der Waals surface area contributed by atoms with Crippen molar-refractivity contribution in [3.63, 3.8) is 0 Å². The topological polar surface area (TPSA) is 96.9 Å². The van der Waals surface area contributed by atoms with Crippen LogP contribution >= 0.6 is 0 Å². The van der Waals surface area contributed by atoms with Crippen LogP contribution < -0.4 is 0 Å². The molecule has 0 aliphatic carbocycles. The Balaban J connectivity index is 1.50. The van der Waals surface area contributed by atoms with E-state index in [9.17, 15) is 14.7 Å². The largest absolute Gasteiger partial charge is 0.508 e. The number of H-pyrrole nitrogens is 1. The molecule has 1 amide bonds. The van der Waals surface area contributed by atoms with Crippen LogP contribution in [-0.2, 0) is 16.1 Å². The third-order valence-electron chi connectivity index (χ3n) is 6.11. The van der Waals surface area contributed by atoms with Crippen LogP contribution in [0.5, 0.6) is 5.75 Å². The van der Waals surface area contributed by atoms with Crippen molar-refractivity contribution in [3.8, 4) is 5.75 Å². The number of benzene rings is 1. The van der Waals surface area contributed by atoms with E-state index in [1.807, 2.05) is 12.3 Å². The summed E-state index contributed by atoms with van der Waals surface area (Å²) in [5.41, 5.74) is 2.13. The van der Waals surface area contributed by atoms with Crippen molar-refractivity contribution in [2.24, 2.45) is 0 Å². The number of phenols is 1. The molecule has 1 aromatic carbocycles. The number of carboxylic acid groups (broad SMARTS) is 1. The minimum absolute atomic E-state index is 0.00673. The number of fused-ring (bicyclic) bond motifs is 3. The second-order valence-electron chi connectivity index (χ2n) is 7.77. The van der Waals surface area contributed by atoms with Gasteiger partial charge < -0.3 is 20.1 Å². The zero-order valence-corrected chi connectivity index (χ0v) is 15.4. The Hall–Kier alpha value is -2.54. The monoisotopic (exact) mass is 371 g/mol. The van der Waals surface area contributed by atoms with Gasteiger partial charge in [0.2, 0.25) is 5.91 Å². The van der Waals surface area contributed by atoms with Crippen LogP contribution in [0.1, 0.15) is 38.2 Å². The first-order valence-electron chi connectivity index (χ1n) is 9.46. The highest BCUT2D eigenvalue weighted by Crippen LogP contribution is 2.39. The summed E-state index contributed by atoms with van der Waals surface area (Å²) < 4.78 is 0. The Labute approximate surface area is 157 Å². The molecule has 0 saturated carbocycles. The lowest BCUT2D eigenvalue weighted by atomic mass is 9.95. The minimum Gasteiger partial charge on any atom is -0.508 e. The maximum Gasteiger partial charge on any atom is 0.323 e. The van der Waals surface area contributed by atoms with Crippen molar-refractivity contribution in [2.75, 3.05) is 6.54 Å². The van der Waals surface area contributed by atoms with Crippen LogP contribution in [0, 0.1) is 0 Å². The Bertz CT molecular complexity index is 863. The van der Waals surface area contributed by atoms with E-state index >= 15 is 0 Å². The van der Waals surface area contributed by atoms with E-state index in [-0.39, 0.29) is 24.2 Å². The van der Waals surface area contributed by atoms with E-state index < -0.39 is 5.97 Å². The van der Waals surface area contributed by atoms with Gasteiger partial charge in [-0.3, -0.25) is 14.5 Å². The molecule has 3 atom stereocenters. The summed E-state index contributed by atoms with van der Waals surface area (Å²) >= 11 is 0. The van der Waals surface area contributed by atoms with Gasteiger partial charge in [-0.25, -0.2) is 0 Å². The SMILES string of the molecule is CC(=O)N(CC(=O)O)C1C[C@H]2CC[C@@H](C1)N2Cc1c[nH]c2cc(O)ccc12. The number of carboxylic acids is 1. The smallest absolute Gasteiger partial charge is 0.323 e. The van der Waals surface area contributed by atoms with Crippen LogP contribution in [0.3, 0.4) is 0 Å². The highest BCUT2D eigenvalue weighted by molar-refractivity contribution is 5.84. The molecule has 0 radical (unpaired) electrons. The minimum atomic E-state index is -0.956. The van der Waals surface area contributed by atoms with E-state index in [0.29, 0.717) is 12.1 Å². The first-order chi connectivity index (χ1) is 12.9. The first-order valence-corrected chi connectivity index (χ1v) is 9.46. The van der Waals surface area contributed by atoms with Gasteiger partial charge in [-0.2, -0.15) is 0 Å². The second kappa shape index (κ2) is 6.88. The molecular weight excluding hydrogens is 346 g/mol. The van der Waals surface area contributed by atoms with E-state index in [0.717, 1.165) is 43.1 Å². The molecule has 2 aliphatic rings. The number of carbonyl (C=O) groups excluding carboxylic acids is 1. The Kier molecular flexibility index (Phi) is 4.55. The number of aromatic hydroxyl groups is 1. The summed E-state index contributed by atoms with van der Waals surface area (Å²) in [5.74, 6) is -0.867. The molecular formula is C20H25N3O4. The lowest BCUT2D eigenvalue weighted by molar-refractivity contribution is -0.146. The summed E-state index contributed by atoms with van der Waals surface area (Å²) in [6.07, 6.45) is 5.83. The van der Waals surface area contributed by atoms with Gasteiger partial charge >= 0.3 is 5.97 Å². The summed E-state index contributed by atoms with van der Waals surface area (Å²) in [4.78, 5) is 30.3. The number of hydrogen-bond acceptors (Lipinski definition) is 4. The highest BCUT2D eigenvalue weighted by atomic mass is 16.4. The lowest BCUT2D eigenvalue weighted by Gasteiger charge is -2.42. The van der Waals surface area contributed by atoms with Crippen LogP contribution in [0.4, 0.5) is 0 Å². The van der Waals surface area contributed by atoms with E-state index in [2.05, 4.69) is 9.88 Å². The van der Waals surface area contributed by atoms with Gasteiger partial charge in [0.05, 0.1) is 0 Å². The number of rotatable bonds is 5. The molecule has 2 aliphatic heterocycles. The quantitative estimate of drug-likeness (QED) is 0.749. The molecule has 27 heavy (non-hydrogen) atoms. The Morgan fingerprint density at radius 1 is 1.26 bits per heavy atom. The van der Waals surface area contributed by atoms with Crippen LogP contribution in [0.2, 0.25) is 0 Å². The summed E-state index contributed by atoms with van der Waals surface area (Å²) in [5, 5.41) is 19.9. The van der Waals surface area contributed by atoms with Gasteiger partial charge in [-0.05, 0) is 43.4 Å². The van der Waals surface area contributed by atoms with E-state index in [4.69, 9.17) is 5.11 Å². The zero-order chi connectivity index (χ0) is 19.1. The molecule has 7 heteroatoms. The number of aromatic amines is 1. The Morgan fingerprint density at radius 3 is 2.59 bits per heavy atom. The van der Waals surface area contributed by atoms with Gasteiger partial charge in [0, 0.05) is 54.8 Å². The van der Waals surface area contributed by atoms with Crippen LogP contribution in [0.25, 0.3) is 10.9 Å². The molecule has 0 spiro atoms. The summed E-state index contributed by atoms with van der Waals surface area (Å²) in [6, 6.07) is 6.12. The number of hydrogen-bond donors (Lipinski definition) is 3. The third-order valence-corrected chi connectivity index (χ3v) is 6.11. The predicted octanol–water partition coefficient (Wildman–Crippen LogP) is 2.30. The van der Waals surface area contributed by atoms with E-state index in [1.54, 1.807) is 12.1 Å². The molecule has 7 nitrogen and oxygen atoms in total. The fourth-order valence-electron chi connectivity index (χ4n) is 4.90. The normalized spacial score (nSPS) is 25.0. The molecule has 2 saturated heterocycles. The molecule has 144 valence electrons. The van der Waals surface area contributed by atoms with Crippen molar-refractivity contribution in [1.29, 1.82) is 0 Å². The van der Waals surface area contributed by atoms with Gasteiger partial charge in [-0.1, -0.05) is 0 Å². The number of aliphatic carboxylic acids is 1. The summed E-state index contributed by atoms with van der Waals surface area (Å²) in [6.45, 7) is 2.07. The number of aromatic nitrogens is 1. The fraction of sp³-hybridized carbons (Fsp3) is 0.500. The van der Waals surface area contributed by atoms with Crippen molar-refractivity contribution >= 4 is 22.8 Å². The lowest BCUT2D eigenvalue weighted by Crippen LogP contribution is -2.52. The molecule has 4 rings (SSSR count). The molecule has 2 aromatic rings. The van der Waals surface area contributed by atoms with Crippen molar-refractivity contribution in [2.45, 2.75) is 57.3 Å². The van der Waals surface area contributed by atoms with Crippen LogP contribution in [0.15, 0.2) is 24.4 Å². The number of nitrogens with zero attached hydrogens (tertiary/aromatic N) is 2. The maximum atomic E-state index is 11.9. The number of piperidine rings is 1. The third kappa shape index (κ3) is 3.39. The van der Waals surface area contributed by atoms with Gasteiger partial charge in [0.15, 0.2) is 0 Å². The Morgan fingerprint density at radius 2 is 1.96 bits per heavy atom. The average molecular weight is 371 g/mol. The zero-order valence-electron chi connectivity index (χ0n) is 15.4. The second-order valence-corrected chi connectivity index (χ2v) is 7.77.